The minimum absolute atomic E-state index is 0.182. The molecule has 0 aliphatic rings. The fourth-order valence-electron chi connectivity index (χ4n) is 1.15. The van der Waals surface area contributed by atoms with E-state index in [1.165, 1.54) is 0 Å². The molecular weight excluding hydrogens is 290 g/mol. The molecule has 0 amide bonds. The highest BCUT2D eigenvalue weighted by Gasteiger charge is 2.06. The van der Waals surface area contributed by atoms with Crippen molar-refractivity contribution in [3.8, 4) is 0 Å². The van der Waals surface area contributed by atoms with Gasteiger partial charge in [-0.3, -0.25) is 0 Å². The van der Waals surface area contributed by atoms with Crippen LogP contribution in [0.1, 0.15) is 22.8 Å². The molecule has 0 aliphatic heterocycles. The van der Waals surface area contributed by atoms with Gasteiger partial charge >= 0.3 is 5.97 Å². The number of halogens is 1. The second kappa shape index (κ2) is 6.27. The normalized spacial score (nSPS) is 12.4. The molecule has 1 rings (SSSR count). The SMILES string of the molecule is CC(N)CSCc1ccc(C(=O)O)cc1Br. The number of thioether (sulfide) groups is 1. The molecule has 0 fully saturated rings. The molecule has 1 aromatic carbocycles. The maximum absolute atomic E-state index is 10.7. The van der Waals surface area contributed by atoms with E-state index in [1.54, 1.807) is 23.9 Å². The topological polar surface area (TPSA) is 63.3 Å². The van der Waals surface area contributed by atoms with Gasteiger partial charge in [-0.15, -0.1) is 0 Å². The molecule has 0 saturated heterocycles. The fourth-order valence-corrected chi connectivity index (χ4v) is 2.82. The zero-order valence-corrected chi connectivity index (χ0v) is 11.3. The Morgan fingerprint density at radius 2 is 2.31 bits per heavy atom. The van der Waals surface area contributed by atoms with Crippen molar-refractivity contribution in [1.82, 2.24) is 0 Å². The van der Waals surface area contributed by atoms with E-state index in [0.717, 1.165) is 21.5 Å². The Bertz CT molecular complexity index is 382. The van der Waals surface area contributed by atoms with Gasteiger partial charge in [0.15, 0.2) is 0 Å². The van der Waals surface area contributed by atoms with Crippen LogP contribution in [0.25, 0.3) is 0 Å². The Hall–Kier alpha value is -0.520. The van der Waals surface area contributed by atoms with E-state index in [1.807, 2.05) is 13.0 Å². The van der Waals surface area contributed by atoms with Crippen LogP contribution in [-0.4, -0.2) is 22.9 Å². The van der Waals surface area contributed by atoms with Gasteiger partial charge in [0.1, 0.15) is 0 Å². The van der Waals surface area contributed by atoms with Crippen LogP contribution in [0.5, 0.6) is 0 Å². The molecule has 88 valence electrons. The third-order valence-corrected chi connectivity index (χ3v) is 3.95. The maximum atomic E-state index is 10.7. The zero-order chi connectivity index (χ0) is 12.1. The van der Waals surface area contributed by atoms with Crippen molar-refractivity contribution in [3.05, 3.63) is 33.8 Å². The summed E-state index contributed by atoms with van der Waals surface area (Å²) < 4.78 is 0.838. The predicted octanol–water partition coefficient (Wildman–Crippen LogP) is 2.73. The van der Waals surface area contributed by atoms with Crippen molar-refractivity contribution in [2.75, 3.05) is 5.75 Å². The molecule has 16 heavy (non-hydrogen) atoms. The molecule has 1 aromatic rings. The lowest BCUT2D eigenvalue weighted by Crippen LogP contribution is -2.17. The van der Waals surface area contributed by atoms with E-state index in [2.05, 4.69) is 15.9 Å². The first-order valence-corrected chi connectivity index (χ1v) is 6.80. The Kier molecular flexibility index (Phi) is 5.31. The Morgan fingerprint density at radius 3 is 2.81 bits per heavy atom. The van der Waals surface area contributed by atoms with E-state index in [-0.39, 0.29) is 6.04 Å². The third-order valence-electron chi connectivity index (χ3n) is 1.94. The lowest BCUT2D eigenvalue weighted by molar-refractivity contribution is 0.0697. The van der Waals surface area contributed by atoms with Crippen molar-refractivity contribution in [3.63, 3.8) is 0 Å². The smallest absolute Gasteiger partial charge is 0.335 e. The summed E-state index contributed by atoms with van der Waals surface area (Å²) in [5.41, 5.74) is 7.04. The number of benzene rings is 1. The van der Waals surface area contributed by atoms with E-state index >= 15 is 0 Å². The number of carboxylic acid groups (broad SMARTS) is 1. The first kappa shape index (κ1) is 13.5. The maximum Gasteiger partial charge on any atom is 0.335 e. The highest BCUT2D eigenvalue weighted by atomic mass is 79.9. The molecule has 0 bridgehead atoms. The number of aromatic carboxylic acids is 1. The molecule has 0 heterocycles. The van der Waals surface area contributed by atoms with Crippen LogP contribution in [0.15, 0.2) is 22.7 Å². The van der Waals surface area contributed by atoms with E-state index in [4.69, 9.17) is 10.8 Å². The molecular formula is C11H14BrNO2S. The van der Waals surface area contributed by atoms with Crippen LogP contribution >= 0.6 is 27.7 Å². The van der Waals surface area contributed by atoms with Gasteiger partial charge in [0, 0.05) is 22.0 Å². The van der Waals surface area contributed by atoms with Crippen molar-refractivity contribution in [2.24, 2.45) is 5.73 Å². The number of carboxylic acids is 1. The van der Waals surface area contributed by atoms with Gasteiger partial charge in [-0.05, 0) is 24.6 Å². The van der Waals surface area contributed by atoms with Crippen LogP contribution < -0.4 is 5.73 Å². The fraction of sp³-hybridized carbons (Fsp3) is 0.364. The van der Waals surface area contributed by atoms with Crippen molar-refractivity contribution < 1.29 is 9.90 Å². The third kappa shape index (κ3) is 4.15. The number of nitrogens with two attached hydrogens (primary N) is 1. The van der Waals surface area contributed by atoms with Gasteiger partial charge in [0.05, 0.1) is 5.56 Å². The van der Waals surface area contributed by atoms with Crippen LogP contribution in [0.3, 0.4) is 0 Å². The molecule has 3 N–H and O–H groups in total. The first-order valence-electron chi connectivity index (χ1n) is 4.85. The zero-order valence-electron chi connectivity index (χ0n) is 8.94. The molecule has 0 radical (unpaired) electrons. The standard InChI is InChI=1S/C11H14BrNO2S/c1-7(13)5-16-6-9-3-2-8(11(14)15)4-10(9)12/h2-4,7H,5-6,13H2,1H3,(H,14,15). The summed E-state index contributed by atoms with van der Waals surface area (Å²) in [6.07, 6.45) is 0. The van der Waals surface area contributed by atoms with Crippen molar-refractivity contribution in [2.45, 2.75) is 18.7 Å². The van der Waals surface area contributed by atoms with Crippen LogP contribution in [-0.2, 0) is 5.75 Å². The summed E-state index contributed by atoms with van der Waals surface area (Å²) in [5, 5.41) is 8.81. The lowest BCUT2D eigenvalue weighted by Gasteiger charge is -2.07. The molecule has 0 aromatic heterocycles. The minimum atomic E-state index is -0.907. The second-order valence-corrected chi connectivity index (χ2v) is 5.49. The van der Waals surface area contributed by atoms with Gasteiger partial charge in [-0.2, -0.15) is 11.8 Å². The summed E-state index contributed by atoms with van der Waals surface area (Å²) >= 11 is 5.12. The van der Waals surface area contributed by atoms with Crippen LogP contribution in [0, 0.1) is 0 Å². The second-order valence-electron chi connectivity index (χ2n) is 3.60. The van der Waals surface area contributed by atoms with Gasteiger partial charge in [-0.1, -0.05) is 22.0 Å². The molecule has 0 aliphatic carbocycles. The predicted molar refractivity (Wildman–Crippen MR) is 70.9 cm³/mol. The van der Waals surface area contributed by atoms with E-state index in [0.29, 0.717) is 5.56 Å². The minimum Gasteiger partial charge on any atom is -0.478 e. The number of hydrogen-bond donors (Lipinski definition) is 2. The highest BCUT2D eigenvalue weighted by Crippen LogP contribution is 2.23. The Labute approximate surface area is 108 Å². The monoisotopic (exact) mass is 303 g/mol. The largest absolute Gasteiger partial charge is 0.478 e. The molecule has 5 heteroatoms. The summed E-state index contributed by atoms with van der Waals surface area (Å²) in [6.45, 7) is 1.97. The highest BCUT2D eigenvalue weighted by molar-refractivity contribution is 9.10. The number of hydrogen-bond acceptors (Lipinski definition) is 3. The molecule has 0 spiro atoms. The summed E-state index contributed by atoms with van der Waals surface area (Å²) in [4.78, 5) is 10.7. The van der Waals surface area contributed by atoms with E-state index in [9.17, 15) is 4.79 Å². The van der Waals surface area contributed by atoms with Gasteiger partial charge in [-0.25, -0.2) is 4.79 Å². The van der Waals surface area contributed by atoms with Gasteiger partial charge < -0.3 is 10.8 Å². The molecule has 0 saturated carbocycles. The quantitative estimate of drug-likeness (QED) is 0.878. The Balaban J connectivity index is 2.64. The van der Waals surface area contributed by atoms with Crippen LogP contribution in [0.2, 0.25) is 0 Å². The van der Waals surface area contributed by atoms with Crippen molar-refractivity contribution in [1.29, 1.82) is 0 Å². The van der Waals surface area contributed by atoms with Gasteiger partial charge in [0.25, 0.3) is 0 Å². The lowest BCUT2D eigenvalue weighted by atomic mass is 10.1. The van der Waals surface area contributed by atoms with Crippen LogP contribution in [0.4, 0.5) is 0 Å². The average molecular weight is 304 g/mol. The summed E-state index contributed by atoms with van der Waals surface area (Å²) in [5.74, 6) is 0.824. The number of carbonyl (C=O) groups is 1. The Morgan fingerprint density at radius 1 is 1.62 bits per heavy atom. The van der Waals surface area contributed by atoms with E-state index < -0.39 is 5.97 Å². The van der Waals surface area contributed by atoms with Gasteiger partial charge in [0.2, 0.25) is 0 Å². The summed E-state index contributed by atoms with van der Waals surface area (Å²) in [6, 6.07) is 5.27. The molecule has 1 atom stereocenters. The average Bonchev–Trinajstić information content (AvgIpc) is 2.19. The molecule has 3 nitrogen and oxygen atoms in total. The number of rotatable bonds is 5. The van der Waals surface area contributed by atoms with Crippen molar-refractivity contribution >= 4 is 33.7 Å². The first-order chi connectivity index (χ1) is 7.50. The molecule has 1 unspecified atom stereocenters. The summed E-state index contributed by atoms with van der Waals surface area (Å²) in [7, 11) is 0.